The van der Waals surface area contributed by atoms with E-state index in [9.17, 15) is 13.2 Å². The Morgan fingerprint density at radius 1 is 1.25 bits per heavy atom. The SMILES string of the molecule is CC[C@H](C)[C@@H](NS(=O)(=O)c1ccc(C)cc1)C(=O)NCCCOC. The van der Waals surface area contributed by atoms with Crippen LogP contribution in [-0.2, 0) is 19.6 Å². The third kappa shape index (κ3) is 6.22. The molecule has 0 saturated heterocycles. The Labute approximate surface area is 145 Å². The highest BCUT2D eigenvalue weighted by Gasteiger charge is 2.29. The van der Waals surface area contributed by atoms with Crippen LogP contribution in [0.1, 0.15) is 32.3 Å². The van der Waals surface area contributed by atoms with E-state index >= 15 is 0 Å². The molecule has 2 N–H and O–H groups in total. The topological polar surface area (TPSA) is 84.5 Å². The Morgan fingerprint density at radius 3 is 2.42 bits per heavy atom. The van der Waals surface area contributed by atoms with Crippen molar-refractivity contribution in [1.82, 2.24) is 10.0 Å². The summed E-state index contributed by atoms with van der Waals surface area (Å²) >= 11 is 0. The molecule has 1 aromatic rings. The predicted molar refractivity (Wildman–Crippen MR) is 94.2 cm³/mol. The van der Waals surface area contributed by atoms with Gasteiger partial charge in [-0.05, 0) is 31.4 Å². The van der Waals surface area contributed by atoms with Crippen molar-refractivity contribution in [3.8, 4) is 0 Å². The Morgan fingerprint density at radius 2 is 1.88 bits per heavy atom. The number of nitrogens with one attached hydrogen (secondary N) is 2. The van der Waals surface area contributed by atoms with Crippen LogP contribution < -0.4 is 10.0 Å². The number of sulfonamides is 1. The van der Waals surface area contributed by atoms with Crippen LogP contribution >= 0.6 is 0 Å². The van der Waals surface area contributed by atoms with Gasteiger partial charge >= 0.3 is 0 Å². The molecule has 2 atom stereocenters. The molecule has 1 aromatic carbocycles. The second-order valence-corrected chi connectivity index (χ2v) is 7.65. The lowest BCUT2D eigenvalue weighted by molar-refractivity contribution is -0.123. The summed E-state index contributed by atoms with van der Waals surface area (Å²) in [7, 11) is -2.15. The van der Waals surface area contributed by atoms with Crippen LogP contribution in [0.15, 0.2) is 29.2 Å². The third-order valence-corrected chi connectivity index (χ3v) is 5.39. The van der Waals surface area contributed by atoms with E-state index < -0.39 is 16.1 Å². The van der Waals surface area contributed by atoms with Gasteiger partial charge in [0.2, 0.25) is 15.9 Å². The van der Waals surface area contributed by atoms with Crippen LogP contribution in [0.3, 0.4) is 0 Å². The van der Waals surface area contributed by atoms with Crippen LogP contribution in [-0.4, -0.2) is 40.6 Å². The molecule has 136 valence electrons. The molecule has 0 aromatic heterocycles. The van der Waals surface area contributed by atoms with Gasteiger partial charge in [0.1, 0.15) is 6.04 Å². The maximum atomic E-state index is 12.5. The van der Waals surface area contributed by atoms with E-state index in [0.29, 0.717) is 26.0 Å². The Hall–Kier alpha value is -1.44. The van der Waals surface area contributed by atoms with Crippen LogP contribution in [0, 0.1) is 12.8 Å². The number of carbonyl (C=O) groups is 1. The molecule has 7 heteroatoms. The molecule has 0 heterocycles. The first-order valence-corrected chi connectivity index (χ1v) is 9.65. The van der Waals surface area contributed by atoms with Crippen molar-refractivity contribution in [2.75, 3.05) is 20.3 Å². The molecule has 0 aliphatic carbocycles. The third-order valence-electron chi connectivity index (χ3n) is 3.93. The lowest BCUT2D eigenvalue weighted by atomic mass is 9.99. The van der Waals surface area contributed by atoms with Crippen molar-refractivity contribution < 1.29 is 17.9 Å². The van der Waals surface area contributed by atoms with Gasteiger partial charge in [-0.2, -0.15) is 4.72 Å². The van der Waals surface area contributed by atoms with Gasteiger partial charge in [-0.15, -0.1) is 0 Å². The summed E-state index contributed by atoms with van der Waals surface area (Å²) in [6, 6.07) is 5.75. The van der Waals surface area contributed by atoms with Crippen molar-refractivity contribution in [2.24, 2.45) is 5.92 Å². The number of hydrogen-bond donors (Lipinski definition) is 2. The summed E-state index contributed by atoms with van der Waals surface area (Å²) in [5.74, 6) is -0.427. The average Bonchev–Trinajstić information content (AvgIpc) is 2.56. The van der Waals surface area contributed by atoms with Gasteiger partial charge in [-0.3, -0.25) is 4.79 Å². The van der Waals surface area contributed by atoms with Crippen LogP contribution in [0.5, 0.6) is 0 Å². The first-order chi connectivity index (χ1) is 11.3. The van der Waals surface area contributed by atoms with E-state index in [2.05, 4.69) is 10.0 Å². The maximum Gasteiger partial charge on any atom is 0.241 e. The van der Waals surface area contributed by atoms with E-state index in [0.717, 1.165) is 5.56 Å². The molecule has 0 aliphatic rings. The van der Waals surface area contributed by atoms with Crippen LogP contribution in [0.4, 0.5) is 0 Å². The lowest BCUT2D eigenvalue weighted by Gasteiger charge is -2.23. The Balaban J connectivity index is 2.84. The van der Waals surface area contributed by atoms with Crippen molar-refractivity contribution in [2.45, 2.75) is 44.6 Å². The molecule has 0 radical (unpaired) electrons. The van der Waals surface area contributed by atoms with Gasteiger partial charge in [0.25, 0.3) is 0 Å². The predicted octanol–water partition coefficient (Wildman–Crippen LogP) is 1.84. The minimum Gasteiger partial charge on any atom is -0.385 e. The van der Waals surface area contributed by atoms with Crippen molar-refractivity contribution in [1.29, 1.82) is 0 Å². The van der Waals surface area contributed by atoms with Gasteiger partial charge in [-0.1, -0.05) is 38.0 Å². The molecule has 0 unspecified atom stereocenters. The molecule has 0 spiro atoms. The van der Waals surface area contributed by atoms with E-state index in [1.54, 1.807) is 31.4 Å². The number of benzene rings is 1. The summed E-state index contributed by atoms with van der Waals surface area (Å²) in [6.45, 7) is 6.67. The first-order valence-electron chi connectivity index (χ1n) is 8.17. The molecule has 0 bridgehead atoms. The van der Waals surface area contributed by atoms with Gasteiger partial charge in [-0.25, -0.2) is 8.42 Å². The molecule has 0 fully saturated rings. The maximum absolute atomic E-state index is 12.5. The van der Waals surface area contributed by atoms with Gasteiger partial charge in [0, 0.05) is 20.3 Å². The number of ether oxygens (including phenoxy) is 1. The first kappa shape index (κ1) is 20.6. The second kappa shape index (κ2) is 9.76. The van der Waals surface area contributed by atoms with Crippen molar-refractivity contribution in [3.63, 3.8) is 0 Å². The fourth-order valence-electron chi connectivity index (χ4n) is 2.15. The zero-order chi connectivity index (χ0) is 18.2. The summed E-state index contributed by atoms with van der Waals surface area (Å²) in [4.78, 5) is 12.6. The summed E-state index contributed by atoms with van der Waals surface area (Å²) < 4.78 is 32.6. The standard InChI is InChI=1S/C17H28N2O4S/c1-5-14(3)16(17(20)18-11-6-12-23-4)19-24(21,22)15-9-7-13(2)8-10-15/h7-10,14,16,19H,5-6,11-12H2,1-4H3,(H,18,20)/t14-,16+/m0/s1. The number of aryl methyl sites for hydroxylation is 1. The summed E-state index contributed by atoms with van der Waals surface area (Å²) in [5.41, 5.74) is 0.975. The number of rotatable bonds is 10. The quantitative estimate of drug-likeness (QED) is 0.627. The van der Waals surface area contributed by atoms with Crippen molar-refractivity contribution >= 4 is 15.9 Å². The smallest absolute Gasteiger partial charge is 0.241 e. The highest BCUT2D eigenvalue weighted by atomic mass is 32.2. The minimum absolute atomic E-state index is 0.118. The number of carbonyl (C=O) groups excluding carboxylic acids is 1. The fraction of sp³-hybridized carbons (Fsp3) is 0.588. The molecular weight excluding hydrogens is 328 g/mol. The molecule has 0 aliphatic heterocycles. The second-order valence-electron chi connectivity index (χ2n) is 5.93. The largest absolute Gasteiger partial charge is 0.385 e. The van der Waals surface area contributed by atoms with Crippen molar-refractivity contribution in [3.05, 3.63) is 29.8 Å². The van der Waals surface area contributed by atoms with Crippen LogP contribution in [0.2, 0.25) is 0 Å². The normalized spacial score (nSPS) is 14.2. The highest BCUT2D eigenvalue weighted by molar-refractivity contribution is 7.89. The lowest BCUT2D eigenvalue weighted by Crippen LogP contribution is -2.50. The van der Waals surface area contributed by atoms with E-state index in [4.69, 9.17) is 4.74 Å². The molecule has 6 nitrogen and oxygen atoms in total. The highest BCUT2D eigenvalue weighted by Crippen LogP contribution is 2.15. The minimum atomic E-state index is -3.75. The van der Waals surface area contributed by atoms with Gasteiger partial charge in [0.05, 0.1) is 4.90 Å². The summed E-state index contributed by atoms with van der Waals surface area (Å²) in [6.07, 6.45) is 1.37. The zero-order valence-corrected chi connectivity index (χ0v) is 15.7. The number of hydrogen-bond acceptors (Lipinski definition) is 4. The number of methoxy groups -OCH3 is 1. The Kier molecular flexibility index (Phi) is 8.38. The molecule has 1 amide bonds. The zero-order valence-electron chi connectivity index (χ0n) is 14.8. The fourth-order valence-corrected chi connectivity index (χ4v) is 3.46. The molecular formula is C17H28N2O4S. The van der Waals surface area contributed by atoms with Gasteiger partial charge < -0.3 is 10.1 Å². The van der Waals surface area contributed by atoms with Crippen LogP contribution in [0.25, 0.3) is 0 Å². The molecule has 0 saturated carbocycles. The van der Waals surface area contributed by atoms with E-state index in [1.165, 1.54) is 0 Å². The molecule has 1 rings (SSSR count). The van der Waals surface area contributed by atoms with E-state index in [1.807, 2.05) is 20.8 Å². The average molecular weight is 356 g/mol. The van der Waals surface area contributed by atoms with Gasteiger partial charge in [0.15, 0.2) is 0 Å². The monoisotopic (exact) mass is 356 g/mol. The Bertz CT molecular complexity index is 614. The number of amides is 1. The van der Waals surface area contributed by atoms with E-state index in [-0.39, 0.29) is 16.7 Å². The molecule has 24 heavy (non-hydrogen) atoms. The summed E-state index contributed by atoms with van der Waals surface area (Å²) in [5, 5.41) is 2.77.